The number of nitrogens with zero attached hydrogens (tertiary/aromatic N) is 1. The molecule has 0 aliphatic rings. The molecule has 0 aliphatic carbocycles. The standard InChI is InChI=1S/2C8H8S2.C6H8S.C5H7NS/c1-5-3-7-8(9-5)4-6(2)10-7;1-5-3-7-4-6(2)10-8(7)9-5;1-5-3-4-6(2)7-5;1-4-3-6-5(2)7-4/h2*3-4H,1-2H3;3-4H,1-2H3;3H,1-2H3. The van der Waals surface area contributed by atoms with E-state index in [1.165, 1.54) is 52.9 Å². The molecule has 0 saturated carbocycles. The largest absolute Gasteiger partial charge is 0.250 e. The topological polar surface area (TPSA) is 12.9 Å². The molecule has 180 valence electrons. The SMILES string of the molecule is Cc1cc2cc(C)sc2s1.Cc1cc2sc(C)cc2s1.Cc1ccc(C)s1.Cc1cnc(C)s1. The number of aromatic nitrogens is 1. The summed E-state index contributed by atoms with van der Waals surface area (Å²) in [6, 6.07) is 13.3. The number of hydrogen-bond acceptors (Lipinski definition) is 7. The van der Waals surface area contributed by atoms with Crippen molar-refractivity contribution < 1.29 is 0 Å². The first-order chi connectivity index (χ1) is 16.1. The maximum Gasteiger partial charge on any atom is 0.0896 e. The van der Waals surface area contributed by atoms with Crippen LogP contribution in [0, 0.1) is 55.4 Å². The molecule has 0 unspecified atom stereocenters. The Morgan fingerprint density at radius 3 is 1.24 bits per heavy atom. The molecular formula is C27H31NS6. The highest BCUT2D eigenvalue weighted by Gasteiger charge is 2.01. The lowest BCUT2D eigenvalue weighted by molar-refractivity contribution is 1.28. The molecule has 0 atom stereocenters. The Hall–Kier alpha value is -1.35. The van der Waals surface area contributed by atoms with E-state index < -0.39 is 0 Å². The van der Waals surface area contributed by atoms with Crippen LogP contribution in [0.3, 0.4) is 0 Å². The van der Waals surface area contributed by atoms with Gasteiger partial charge in [0.25, 0.3) is 0 Å². The van der Waals surface area contributed by atoms with Crippen LogP contribution in [0.25, 0.3) is 18.8 Å². The maximum atomic E-state index is 4.03. The van der Waals surface area contributed by atoms with Crippen molar-refractivity contribution in [3.8, 4) is 0 Å². The van der Waals surface area contributed by atoms with Crippen LogP contribution >= 0.6 is 68.0 Å². The first-order valence-electron chi connectivity index (χ1n) is 10.9. The molecule has 0 saturated heterocycles. The molecule has 6 heterocycles. The third-order valence-electron chi connectivity index (χ3n) is 4.53. The monoisotopic (exact) mass is 561 g/mol. The van der Waals surface area contributed by atoms with Crippen molar-refractivity contribution in [2.24, 2.45) is 0 Å². The van der Waals surface area contributed by atoms with Gasteiger partial charge in [-0.1, -0.05) is 0 Å². The van der Waals surface area contributed by atoms with Gasteiger partial charge in [-0.25, -0.2) is 4.98 Å². The molecule has 0 radical (unpaired) electrons. The lowest BCUT2D eigenvalue weighted by Crippen LogP contribution is -1.57. The van der Waals surface area contributed by atoms with Crippen molar-refractivity contribution in [2.45, 2.75) is 55.4 Å². The number of aryl methyl sites for hydroxylation is 8. The minimum Gasteiger partial charge on any atom is -0.250 e. The van der Waals surface area contributed by atoms with Gasteiger partial charge >= 0.3 is 0 Å². The van der Waals surface area contributed by atoms with Crippen LogP contribution in [-0.2, 0) is 0 Å². The summed E-state index contributed by atoms with van der Waals surface area (Å²) in [5.74, 6) is 0. The van der Waals surface area contributed by atoms with E-state index in [1.54, 1.807) is 11.3 Å². The van der Waals surface area contributed by atoms with Gasteiger partial charge in [-0.15, -0.1) is 68.0 Å². The van der Waals surface area contributed by atoms with Gasteiger partial charge < -0.3 is 0 Å². The van der Waals surface area contributed by atoms with Crippen molar-refractivity contribution in [2.75, 3.05) is 0 Å². The molecule has 0 spiro atoms. The van der Waals surface area contributed by atoms with Crippen LogP contribution in [0.5, 0.6) is 0 Å². The number of hydrogen-bond donors (Lipinski definition) is 0. The summed E-state index contributed by atoms with van der Waals surface area (Å²) in [5, 5.41) is 2.57. The lowest BCUT2D eigenvalue weighted by Gasteiger charge is -1.74. The van der Waals surface area contributed by atoms with Gasteiger partial charge in [0, 0.05) is 55.1 Å². The Bertz CT molecular complexity index is 1180. The van der Waals surface area contributed by atoms with Gasteiger partial charge in [-0.05, 0) is 91.8 Å². The molecule has 7 heteroatoms. The van der Waals surface area contributed by atoms with Crippen molar-refractivity contribution in [3.05, 3.63) is 81.7 Å². The van der Waals surface area contributed by atoms with E-state index in [0.717, 1.165) is 5.01 Å². The third-order valence-corrected chi connectivity index (χ3v) is 10.6. The maximum absolute atomic E-state index is 4.03. The Morgan fingerprint density at radius 1 is 0.471 bits per heavy atom. The molecule has 0 aliphatic heterocycles. The van der Waals surface area contributed by atoms with Crippen LogP contribution in [-0.4, -0.2) is 4.98 Å². The fourth-order valence-electron chi connectivity index (χ4n) is 3.19. The molecule has 0 N–H and O–H groups in total. The fraction of sp³-hybridized carbons (Fsp3) is 0.296. The van der Waals surface area contributed by atoms with E-state index in [4.69, 9.17) is 0 Å². The molecule has 6 aromatic rings. The molecule has 0 aromatic carbocycles. The van der Waals surface area contributed by atoms with Gasteiger partial charge in [0.1, 0.15) is 0 Å². The molecule has 34 heavy (non-hydrogen) atoms. The van der Waals surface area contributed by atoms with Crippen LogP contribution < -0.4 is 0 Å². The summed E-state index contributed by atoms with van der Waals surface area (Å²) in [6.07, 6.45) is 1.89. The number of rotatable bonds is 0. The highest BCUT2D eigenvalue weighted by molar-refractivity contribution is 7.38. The average Bonchev–Trinajstić information content (AvgIpc) is 3.54. The van der Waals surface area contributed by atoms with E-state index in [1.807, 2.05) is 69.8 Å². The fourth-order valence-corrected chi connectivity index (χ4v) is 9.27. The van der Waals surface area contributed by atoms with E-state index in [2.05, 4.69) is 89.8 Å². The minimum atomic E-state index is 1.15. The highest BCUT2D eigenvalue weighted by atomic mass is 32.2. The molecule has 1 nitrogen and oxygen atoms in total. The zero-order valence-electron chi connectivity index (χ0n) is 20.9. The Morgan fingerprint density at radius 2 is 0.941 bits per heavy atom. The molecule has 6 aromatic heterocycles. The molecule has 0 amide bonds. The summed E-state index contributed by atoms with van der Waals surface area (Å²) in [6.45, 7) is 17.0. The first kappa shape index (κ1) is 27.2. The van der Waals surface area contributed by atoms with Crippen LogP contribution in [0.4, 0.5) is 0 Å². The second-order valence-electron chi connectivity index (χ2n) is 8.05. The Kier molecular flexibility index (Phi) is 10.1. The number of thiophene rings is 5. The predicted octanol–water partition coefficient (Wildman–Crippen LogP) is 11.3. The van der Waals surface area contributed by atoms with Crippen molar-refractivity contribution in [3.63, 3.8) is 0 Å². The van der Waals surface area contributed by atoms with Crippen LogP contribution in [0.15, 0.2) is 42.6 Å². The van der Waals surface area contributed by atoms with Gasteiger partial charge in [0.15, 0.2) is 0 Å². The minimum absolute atomic E-state index is 1.15. The molecule has 0 bridgehead atoms. The van der Waals surface area contributed by atoms with Crippen molar-refractivity contribution >= 4 is 86.8 Å². The smallest absolute Gasteiger partial charge is 0.0896 e. The van der Waals surface area contributed by atoms with Crippen LogP contribution in [0.1, 0.15) is 39.1 Å². The predicted molar refractivity (Wildman–Crippen MR) is 164 cm³/mol. The van der Waals surface area contributed by atoms with Crippen molar-refractivity contribution in [1.29, 1.82) is 0 Å². The molecular weight excluding hydrogens is 531 g/mol. The quantitative estimate of drug-likeness (QED) is 0.180. The Labute approximate surface area is 227 Å². The van der Waals surface area contributed by atoms with Crippen molar-refractivity contribution in [1.82, 2.24) is 4.98 Å². The Balaban J connectivity index is 0.000000129. The summed E-state index contributed by atoms with van der Waals surface area (Å²) < 4.78 is 4.36. The van der Waals surface area contributed by atoms with E-state index in [9.17, 15) is 0 Å². The van der Waals surface area contributed by atoms with E-state index >= 15 is 0 Å². The highest BCUT2D eigenvalue weighted by Crippen LogP contribution is 2.33. The van der Waals surface area contributed by atoms with Gasteiger partial charge in [0.05, 0.1) is 9.02 Å². The lowest BCUT2D eigenvalue weighted by atomic mass is 10.3. The van der Waals surface area contributed by atoms with Gasteiger partial charge in [-0.3, -0.25) is 0 Å². The molecule has 0 fully saturated rings. The third kappa shape index (κ3) is 8.40. The number of fused-ring (bicyclic) bond motifs is 2. The zero-order valence-corrected chi connectivity index (χ0v) is 25.8. The normalized spacial score (nSPS) is 10.4. The second kappa shape index (κ2) is 12.6. The van der Waals surface area contributed by atoms with Gasteiger partial charge in [-0.2, -0.15) is 0 Å². The van der Waals surface area contributed by atoms with E-state index in [0.29, 0.717) is 0 Å². The summed E-state index contributed by atoms with van der Waals surface area (Å²) >= 11 is 11.1. The summed E-state index contributed by atoms with van der Waals surface area (Å²) in [5.41, 5.74) is 0. The summed E-state index contributed by atoms with van der Waals surface area (Å²) in [7, 11) is 0. The van der Waals surface area contributed by atoms with Gasteiger partial charge in [0.2, 0.25) is 0 Å². The second-order valence-corrected chi connectivity index (χ2v) is 16.3. The number of thiazole rings is 1. The first-order valence-corrected chi connectivity index (χ1v) is 15.8. The average molecular weight is 562 g/mol. The summed E-state index contributed by atoms with van der Waals surface area (Å²) in [4.78, 5) is 13.8. The zero-order chi connectivity index (χ0) is 24.8. The van der Waals surface area contributed by atoms with Crippen LogP contribution in [0.2, 0.25) is 0 Å². The van der Waals surface area contributed by atoms with E-state index in [-0.39, 0.29) is 0 Å². The molecule has 6 rings (SSSR count).